The number of anilines is 3. The van der Waals surface area contributed by atoms with Gasteiger partial charge in [-0.05, 0) is 40.9 Å². The summed E-state index contributed by atoms with van der Waals surface area (Å²) in [7, 11) is 1.54. The summed E-state index contributed by atoms with van der Waals surface area (Å²) in [5.74, 6) is 0.115. The van der Waals surface area contributed by atoms with Crippen LogP contribution in [0.2, 0.25) is 0 Å². The number of piperidine rings is 1. The largest absolute Gasteiger partial charge is 0.497 e. The van der Waals surface area contributed by atoms with Crippen LogP contribution in [0.4, 0.5) is 22.0 Å². The summed E-state index contributed by atoms with van der Waals surface area (Å²) in [5, 5.41) is 14.2. The Kier molecular flexibility index (Phi) is 6.37. The highest BCUT2D eigenvalue weighted by Crippen LogP contribution is 2.32. The van der Waals surface area contributed by atoms with Gasteiger partial charge in [-0.1, -0.05) is 0 Å². The number of rotatable bonds is 5. The van der Waals surface area contributed by atoms with Gasteiger partial charge in [-0.2, -0.15) is 0 Å². The van der Waals surface area contributed by atoms with Crippen LogP contribution in [-0.2, 0) is 0 Å². The molecule has 0 aliphatic carbocycles. The third-order valence-electron chi connectivity index (χ3n) is 4.60. The van der Waals surface area contributed by atoms with E-state index in [-0.39, 0.29) is 17.6 Å². The van der Waals surface area contributed by atoms with Crippen molar-refractivity contribution < 1.29 is 19.4 Å². The van der Waals surface area contributed by atoms with Crippen LogP contribution in [0.25, 0.3) is 0 Å². The minimum absolute atomic E-state index is 0.0116. The number of aromatic nitrogens is 2. The molecule has 0 atom stereocenters. The van der Waals surface area contributed by atoms with Gasteiger partial charge in [0, 0.05) is 25.2 Å². The molecule has 1 aliphatic rings. The number of hydrogen-bond donors (Lipinski definition) is 4. The molecule has 1 aromatic carbocycles. The second-order valence-corrected chi connectivity index (χ2v) is 7.29. The quantitative estimate of drug-likeness (QED) is 0.527. The van der Waals surface area contributed by atoms with Crippen molar-refractivity contribution in [2.24, 2.45) is 0 Å². The Bertz CT molecular complexity index is 917. The number of nitrogen functional groups attached to an aromatic ring is 1. The Morgan fingerprint density at radius 2 is 2.07 bits per heavy atom. The summed E-state index contributed by atoms with van der Waals surface area (Å²) in [5.41, 5.74) is 7.14. The van der Waals surface area contributed by atoms with Crippen LogP contribution in [0.5, 0.6) is 5.75 Å². The zero-order valence-electron chi connectivity index (χ0n) is 15.7. The molecule has 1 aromatic heterocycles. The lowest BCUT2D eigenvalue weighted by molar-refractivity contribution is 0.102. The average molecular weight is 465 g/mol. The SMILES string of the molecule is COc1ccc(N2CCC(NC(=O)O)CC2)c(NC(=O)c2nc(Br)cnc2N)c1. The number of carboxylic acid groups (broad SMARTS) is 1. The van der Waals surface area contributed by atoms with Crippen LogP contribution < -0.4 is 26.0 Å². The van der Waals surface area contributed by atoms with E-state index in [1.807, 2.05) is 6.07 Å². The first-order valence-corrected chi connectivity index (χ1v) is 9.68. The Morgan fingerprint density at radius 3 is 2.72 bits per heavy atom. The zero-order chi connectivity index (χ0) is 21.0. The third-order valence-corrected chi connectivity index (χ3v) is 4.98. The summed E-state index contributed by atoms with van der Waals surface area (Å²) in [6, 6.07) is 5.29. The number of amides is 2. The molecular formula is C18H21BrN6O4. The van der Waals surface area contributed by atoms with Crippen LogP contribution in [0, 0.1) is 0 Å². The first-order valence-electron chi connectivity index (χ1n) is 8.89. The Labute approximate surface area is 175 Å². The topological polar surface area (TPSA) is 143 Å². The molecule has 1 saturated heterocycles. The van der Waals surface area contributed by atoms with Gasteiger partial charge in [-0.25, -0.2) is 14.8 Å². The lowest BCUT2D eigenvalue weighted by Gasteiger charge is -2.34. The summed E-state index contributed by atoms with van der Waals surface area (Å²) in [4.78, 5) is 33.7. The van der Waals surface area contributed by atoms with Gasteiger partial charge in [0.25, 0.3) is 5.91 Å². The molecule has 2 amide bonds. The molecule has 10 nitrogen and oxygen atoms in total. The van der Waals surface area contributed by atoms with Gasteiger partial charge in [-0.3, -0.25) is 4.79 Å². The first-order chi connectivity index (χ1) is 13.9. The van der Waals surface area contributed by atoms with Gasteiger partial charge in [0.15, 0.2) is 11.5 Å². The molecule has 5 N–H and O–H groups in total. The Hall–Kier alpha value is -3.08. The monoisotopic (exact) mass is 464 g/mol. The number of hydrogen-bond acceptors (Lipinski definition) is 7. The fourth-order valence-electron chi connectivity index (χ4n) is 3.18. The van der Waals surface area contributed by atoms with Gasteiger partial charge in [0.1, 0.15) is 10.4 Å². The fourth-order valence-corrected chi connectivity index (χ4v) is 3.46. The number of halogens is 1. The van der Waals surface area contributed by atoms with E-state index in [2.05, 4.69) is 41.4 Å². The smallest absolute Gasteiger partial charge is 0.404 e. The minimum atomic E-state index is -1.02. The minimum Gasteiger partial charge on any atom is -0.497 e. The van der Waals surface area contributed by atoms with Crippen molar-refractivity contribution in [3.8, 4) is 5.75 Å². The van der Waals surface area contributed by atoms with Gasteiger partial charge >= 0.3 is 6.09 Å². The number of carbonyl (C=O) groups excluding carboxylic acids is 1. The number of ether oxygens (including phenoxy) is 1. The molecule has 0 unspecified atom stereocenters. The fraction of sp³-hybridized carbons (Fsp3) is 0.333. The number of methoxy groups -OCH3 is 1. The molecule has 0 bridgehead atoms. The van der Waals surface area contributed by atoms with E-state index >= 15 is 0 Å². The van der Waals surface area contributed by atoms with E-state index in [1.54, 1.807) is 19.2 Å². The van der Waals surface area contributed by atoms with Gasteiger partial charge in [-0.15, -0.1) is 0 Å². The van der Waals surface area contributed by atoms with E-state index in [4.69, 9.17) is 15.6 Å². The molecule has 3 rings (SSSR count). The van der Waals surface area contributed by atoms with E-state index in [0.29, 0.717) is 42.0 Å². The summed E-state index contributed by atoms with van der Waals surface area (Å²) < 4.78 is 5.68. The molecule has 2 heterocycles. The molecule has 11 heteroatoms. The van der Waals surface area contributed by atoms with Crippen molar-refractivity contribution in [3.63, 3.8) is 0 Å². The summed E-state index contributed by atoms with van der Waals surface area (Å²) in [6.45, 7) is 1.28. The standard InChI is InChI=1S/C18H21BrN6O4/c1-29-11-2-3-13(25-6-4-10(5-7-25)22-18(27)28)12(8-11)23-17(26)15-16(20)21-9-14(19)24-15/h2-3,8-10,22H,4-7H2,1H3,(H2,20,21)(H,23,26)(H,27,28). The number of nitrogens with one attached hydrogen (secondary N) is 2. The zero-order valence-corrected chi connectivity index (χ0v) is 17.3. The van der Waals surface area contributed by atoms with Crippen LogP contribution in [-0.4, -0.2) is 53.3 Å². The number of nitrogens with two attached hydrogens (primary N) is 1. The lowest BCUT2D eigenvalue weighted by atomic mass is 10.0. The van der Waals surface area contributed by atoms with E-state index in [0.717, 1.165) is 5.69 Å². The molecule has 29 heavy (non-hydrogen) atoms. The molecule has 2 aromatic rings. The average Bonchev–Trinajstić information content (AvgIpc) is 2.70. The maximum Gasteiger partial charge on any atom is 0.404 e. The number of carbonyl (C=O) groups is 2. The van der Waals surface area contributed by atoms with Crippen molar-refractivity contribution in [2.45, 2.75) is 18.9 Å². The Balaban J connectivity index is 1.82. The van der Waals surface area contributed by atoms with Crippen LogP contribution in [0.1, 0.15) is 23.3 Å². The maximum atomic E-state index is 12.7. The summed E-state index contributed by atoms with van der Waals surface area (Å²) >= 11 is 3.19. The van der Waals surface area contributed by atoms with Crippen molar-refractivity contribution in [2.75, 3.05) is 36.1 Å². The summed E-state index contributed by atoms with van der Waals surface area (Å²) in [6.07, 6.45) is 1.72. The number of benzene rings is 1. The van der Waals surface area contributed by atoms with E-state index in [9.17, 15) is 9.59 Å². The first kappa shape index (κ1) is 20.6. The predicted molar refractivity (Wildman–Crippen MR) is 111 cm³/mol. The van der Waals surface area contributed by atoms with Crippen molar-refractivity contribution in [3.05, 3.63) is 34.7 Å². The van der Waals surface area contributed by atoms with E-state index < -0.39 is 12.0 Å². The van der Waals surface area contributed by atoms with Gasteiger partial charge < -0.3 is 31.1 Å². The molecule has 1 aliphatic heterocycles. The maximum absolute atomic E-state index is 12.7. The molecular weight excluding hydrogens is 444 g/mol. The van der Waals surface area contributed by atoms with Crippen LogP contribution in [0.3, 0.4) is 0 Å². The lowest BCUT2D eigenvalue weighted by Crippen LogP contribution is -2.44. The van der Waals surface area contributed by atoms with Gasteiger partial charge in [0.05, 0.1) is 24.7 Å². The van der Waals surface area contributed by atoms with Crippen LogP contribution in [0.15, 0.2) is 29.0 Å². The van der Waals surface area contributed by atoms with E-state index in [1.165, 1.54) is 6.20 Å². The Morgan fingerprint density at radius 1 is 1.34 bits per heavy atom. The molecule has 154 valence electrons. The normalized spacial score (nSPS) is 14.3. The van der Waals surface area contributed by atoms with Crippen molar-refractivity contribution in [1.82, 2.24) is 15.3 Å². The van der Waals surface area contributed by atoms with Crippen molar-refractivity contribution >= 4 is 45.1 Å². The highest BCUT2D eigenvalue weighted by atomic mass is 79.9. The molecule has 0 radical (unpaired) electrons. The molecule has 0 saturated carbocycles. The molecule has 1 fully saturated rings. The van der Waals surface area contributed by atoms with Crippen molar-refractivity contribution in [1.29, 1.82) is 0 Å². The second kappa shape index (κ2) is 8.95. The highest BCUT2D eigenvalue weighted by Gasteiger charge is 2.24. The third kappa shape index (κ3) is 5.05. The molecule has 0 spiro atoms. The number of nitrogens with zero attached hydrogens (tertiary/aromatic N) is 3. The van der Waals surface area contributed by atoms with Gasteiger partial charge in [0.2, 0.25) is 0 Å². The predicted octanol–water partition coefficient (Wildman–Crippen LogP) is 2.32. The second-order valence-electron chi connectivity index (χ2n) is 6.47. The highest BCUT2D eigenvalue weighted by molar-refractivity contribution is 9.10. The van der Waals surface area contributed by atoms with Crippen LogP contribution >= 0.6 is 15.9 Å².